The topological polar surface area (TPSA) is 20.2 Å². The number of aryl methyl sites for hydroxylation is 1. The molecular formula is C21H28O. The molecule has 0 unspecified atom stereocenters. The monoisotopic (exact) mass is 296 g/mol. The summed E-state index contributed by atoms with van der Waals surface area (Å²) >= 11 is 0. The van der Waals surface area contributed by atoms with E-state index in [1.54, 1.807) is 0 Å². The highest BCUT2D eigenvalue weighted by atomic mass is 16.3. The van der Waals surface area contributed by atoms with E-state index in [1.807, 2.05) is 0 Å². The van der Waals surface area contributed by atoms with E-state index in [-0.39, 0.29) is 0 Å². The van der Waals surface area contributed by atoms with Gasteiger partial charge in [-0.25, -0.2) is 0 Å². The van der Waals surface area contributed by atoms with Gasteiger partial charge in [0.25, 0.3) is 0 Å². The van der Waals surface area contributed by atoms with Gasteiger partial charge in [0.1, 0.15) is 0 Å². The predicted octanol–water partition coefficient (Wildman–Crippen LogP) is 5.21. The van der Waals surface area contributed by atoms with Crippen molar-refractivity contribution in [2.24, 2.45) is 17.3 Å². The van der Waals surface area contributed by atoms with Gasteiger partial charge in [0, 0.05) is 6.61 Å². The average molecular weight is 296 g/mol. The third-order valence-electron chi connectivity index (χ3n) is 5.53. The van der Waals surface area contributed by atoms with E-state index in [0.29, 0.717) is 23.9 Å². The molecule has 0 aliphatic heterocycles. The molecule has 2 aromatic carbocycles. The Labute approximate surface area is 134 Å². The molecule has 22 heavy (non-hydrogen) atoms. The first kappa shape index (κ1) is 15.6. The first-order valence-electron chi connectivity index (χ1n) is 8.66. The van der Waals surface area contributed by atoms with Crippen LogP contribution in [0.1, 0.15) is 45.1 Å². The molecule has 0 saturated heterocycles. The van der Waals surface area contributed by atoms with Crippen LogP contribution in [0, 0.1) is 17.3 Å². The van der Waals surface area contributed by atoms with Gasteiger partial charge in [0.2, 0.25) is 0 Å². The lowest BCUT2D eigenvalue weighted by Crippen LogP contribution is -2.32. The van der Waals surface area contributed by atoms with Gasteiger partial charge < -0.3 is 5.11 Å². The SMILES string of the molecule is CC1(C)CC[C@@H](CCc2ccc3ccccc3c2)[C@H](CO)C1. The lowest BCUT2D eigenvalue weighted by atomic mass is 9.66. The number of fused-ring (bicyclic) bond motifs is 1. The van der Waals surface area contributed by atoms with Crippen molar-refractivity contribution in [1.82, 2.24) is 0 Å². The third-order valence-corrected chi connectivity index (χ3v) is 5.53. The molecular weight excluding hydrogens is 268 g/mol. The van der Waals surface area contributed by atoms with Crippen molar-refractivity contribution in [1.29, 1.82) is 0 Å². The minimum atomic E-state index is 0.353. The maximum absolute atomic E-state index is 9.73. The largest absolute Gasteiger partial charge is 0.396 e. The molecule has 118 valence electrons. The number of rotatable bonds is 4. The van der Waals surface area contributed by atoms with Crippen LogP contribution in [0.25, 0.3) is 10.8 Å². The second-order valence-electron chi connectivity index (χ2n) is 7.83. The van der Waals surface area contributed by atoms with Crippen LogP contribution in [0.4, 0.5) is 0 Å². The lowest BCUT2D eigenvalue weighted by Gasteiger charge is -2.40. The molecule has 1 nitrogen and oxygen atoms in total. The number of benzene rings is 2. The smallest absolute Gasteiger partial charge is 0.0462 e. The molecule has 1 N–H and O–H groups in total. The summed E-state index contributed by atoms with van der Waals surface area (Å²) in [6.07, 6.45) is 6.08. The number of aliphatic hydroxyl groups excluding tert-OH is 1. The normalized spacial score (nSPS) is 24.5. The van der Waals surface area contributed by atoms with Crippen molar-refractivity contribution in [2.45, 2.75) is 46.0 Å². The molecule has 2 atom stereocenters. The molecule has 0 bridgehead atoms. The molecule has 0 amide bonds. The minimum Gasteiger partial charge on any atom is -0.396 e. The highest BCUT2D eigenvalue weighted by Gasteiger charge is 2.33. The zero-order chi connectivity index (χ0) is 15.6. The first-order chi connectivity index (χ1) is 10.6. The predicted molar refractivity (Wildman–Crippen MR) is 94.0 cm³/mol. The second kappa shape index (κ2) is 6.42. The molecule has 1 heteroatoms. The van der Waals surface area contributed by atoms with Crippen molar-refractivity contribution in [3.8, 4) is 0 Å². The summed E-state index contributed by atoms with van der Waals surface area (Å²) in [5, 5.41) is 12.4. The summed E-state index contributed by atoms with van der Waals surface area (Å²) in [7, 11) is 0. The van der Waals surface area contributed by atoms with Crippen LogP contribution in [-0.2, 0) is 6.42 Å². The Morgan fingerprint density at radius 1 is 1.05 bits per heavy atom. The Morgan fingerprint density at radius 2 is 1.82 bits per heavy atom. The van der Waals surface area contributed by atoms with Crippen molar-refractivity contribution in [3.63, 3.8) is 0 Å². The Balaban J connectivity index is 1.65. The molecule has 2 aromatic rings. The fourth-order valence-corrected chi connectivity index (χ4v) is 4.13. The highest BCUT2D eigenvalue weighted by Crippen LogP contribution is 2.43. The Morgan fingerprint density at radius 3 is 2.59 bits per heavy atom. The molecule has 1 fully saturated rings. The number of aliphatic hydroxyl groups is 1. The zero-order valence-electron chi connectivity index (χ0n) is 13.9. The van der Waals surface area contributed by atoms with Crippen LogP contribution >= 0.6 is 0 Å². The van der Waals surface area contributed by atoms with Crippen LogP contribution in [0.2, 0.25) is 0 Å². The van der Waals surface area contributed by atoms with Crippen LogP contribution in [0.3, 0.4) is 0 Å². The standard InChI is InChI=1S/C21H28O/c1-21(2)12-11-18(20(14-21)15-22)10-8-16-7-9-17-5-3-4-6-19(17)13-16/h3-7,9,13,18,20,22H,8,10-12,14-15H2,1-2H3/t18-,20+/m1/s1. The zero-order valence-corrected chi connectivity index (χ0v) is 13.9. The van der Waals surface area contributed by atoms with Crippen LogP contribution in [0.5, 0.6) is 0 Å². The van der Waals surface area contributed by atoms with Gasteiger partial charge in [0.05, 0.1) is 0 Å². The number of hydrogen-bond acceptors (Lipinski definition) is 1. The Kier molecular flexibility index (Phi) is 4.54. The van der Waals surface area contributed by atoms with Gasteiger partial charge in [-0.2, -0.15) is 0 Å². The van der Waals surface area contributed by atoms with Crippen molar-refractivity contribution >= 4 is 10.8 Å². The minimum absolute atomic E-state index is 0.353. The van der Waals surface area contributed by atoms with E-state index in [9.17, 15) is 5.11 Å². The van der Waals surface area contributed by atoms with Gasteiger partial charge in [-0.05, 0) is 65.7 Å². The van der Waals surface area contributed by atoms with Gasteiger partial charge in [-0.1, -0.05) is 56.3 Å². The summed E-state index contributed by atoms with van der Waals surface area (Å²) in [6.45, 7) is 5.04. The van der Waals surface area contributed by atoms with Gasteiger partial charge in [-0.3, -0.25) is 0 Å². The van der Waals surface area contributed by atoms with Crippen LogP contribution in [-0.4, -0.2) is 11.7 Å². The molecule has 0 spiro atoms. The summed E-state index contributed by atoms with van der Waals surface area (Å²) < 4.78 is 0. The van der Waals surface area contributed by atoms with Gasteiger partial charge >= 0.3 is 0 Å². The second-order valence-corrected chi connectivity index (χ2v) is 7.83. The van der Waals surface area contributed by atoms with Crippen molar-refractivity contribution in [2.75, 3.05) is 6.61 Å². The highest BCUT2D eigenvalue weighted by molar-refractivity contribution is 5.82. The molecule has 1 aliphatic carbocycles. The molecule has 1 saturated carbocycles. The summed E-state index contributed by atoms with van der Waals surface area (Å²) in [6, 6.07) is 15.4. The van der Waals surface area contributed by atoms with Gasteiger partial charge in [0.15, 0.2) is 0 Å². The third kappa shape index (κ3) is 3.52. The van der Waals surface area contributed by atoms with E-state index >= 15 is 0 Å². The maximum atomic E-state index is 9.73. The molecule has 3 rings (SSSR count). The molecule has 0 aromatic heterocycles. The molecule has 0 radical (unpaired) electrons. The fourth-order valence-electron chi connectivity index (χ4n) is 4.13. The molecule has 0 heterocycles. The Bertz CT molecular complexity index is 629. The maximum Gasteiger partial charge on any atom is 0.0462 e. The summed E-state index contributed by atoms with van der Waals surface area (Å²) in [5.41, 5.74) is 1.84. The van der Waals surface area contributed by atoms with Gasteiger partial charge in [-0.15, -0.1) is 0 Å². The van der Waals surface area contributed by atoms with E-state index in [1.165, 1.54) is 42.0 Å². The Hall–Kier alpha value is -1.34. The average Bonchev–Trinajstić information content (AvgIpc) is 2.53. The number of hydrogen-bond donors (Lipinski definition) is 1. The fraction of sp³-hybridized carbons (Fsp3) is 0.524. The quantitative estimate of drug-likeness (QED) is 0.821. The molecule has 1 aliphatic rings. The van der Waals surface area contributed by atoms with E-state index in [2.05, 4.69) is 56.3 Å². The van der Waals surface area contributed by atoms with Crippen LogP contribution < -0.4 is 0 Å². The summed E-state index contributed by atoms with van der Waals surface area (Å²) in [4.78, 5) is 0. The van der Waals surface area contributed by atoms with E-state index in [0.717, 1.165) is 6.42 Å². The first-order valence-corrected chi connectivity index (χ1v) is 8.66. The lowest BCUT2D eigenvalue weighted by molar-refractivity contribution is 0.0641. The van der Waals surface area contributed by atoms with Crippen molar-refractivity contribution < 1.29 is 5.11 Å². The van der Waals surface area contributed by atoms with Crippen molar-refractivity contribution in [3.05, 3.63) is 48.0 Å². The van der Waals surface area contributed by atoms with Crippen LogP contribution in [0.15, 0.2) is 42.5 Å². The van der Waals surface area contributed by atoms with E-state index < -0.39 is 0 Å². The summed E-state index contributed by atoms with van der Waals surface area (Å²) in [5.74, 6) is 1.17. The van der Waals surface area contributed by atoms with E-state index in [4.69, 9.17) is 0 Å².